The predicted octanol–water partition coefficient (Wildman–Crippen LogP) is 2.97. The first kappa shape index (κ1) is 14.0. The number of nitrogens with two attached hydrogens (primary N) is 1. The zero-order chi connectivity index (χ0) is 14.5. The summed E-state index contributed by atoms with van der Waals surface area (Å²) in [5.74, 6) is 0. The number of anilines is 1. The Balaban J connectivity index is 2.13. The van der Waals surface area contributed by atoms with Gasteiger partial charge in [0.2, 0.25) is 0 Å². The SMILES string of the molecule is Cc1ccc([N+](=O)[O-])c(NCc2ccc(CN)cc2)c1. The molecule has 3 N–H and O–H groups in total. The van der Waals surface area contributed by atoms with Crippen molar-refractivity contribution in [2.75, 3.05) is 5.32 Å². The Bertz CT molecular complexity index is 609. The molecule has 5 heteroatoms. The minimum atomic E-state index is -0.376. The standard InChI is InChI=1S/C15H17N3O2/c1-11-2-7-15(18(19)20)14(8-11)17-10-13-5-3-12(9-16)4-6-13/h2-8,17H,9-10,16H2,1H3. The van der Waals surface area contributed by atoms with Crippen molar-refractivity contribution in [1.82, 2.24) is 0 Å². The van der Waals surface area contributed by atoms with E-state index >= 15 is 0 Å². The Kier molecular flexibility index (Phi) is 4.32. The first-order chi connectivity index (χ1) is 9.60. The molecule has 5 nitrogen and oxygen atoms in total. The van der Waals surface area contributed by atoms with Crippen LogP contribution in [0.15, 0.2) is 42.5 Å². The van der Waals surface area contributed by atoms with E-state index < -0.39 is 0 Å². The van der Waals surface area contributed by atoms with Crippen molar-refractivity contribution >= 4 is 11.4 Å². The van der Waals surface area contributed by atoms with Gasteiger partial charge < -0.3 is 11.1 Å². The zero-order valence-corrected chi connectivity index (χ0v) is 11.3. The third-order valence-electron chi connectivity index (χ3n) is 3.09. The van der Waals surface area contributed by atoms with Crippen LogP contribution in [0.2, 0.25) is 0 Å². The highest BCUT2D eigenvalue weighted by atomic mass is 16.6. The number of hydrogen-bond acceptors (Lipinski definition) is 4. The minimum Gasteiger partial charge on any atom is -0.375 e. The Morgan fingerprint density at radius 3 is 2.40 bits per heavy atom. The molecule has 2 rings (SSSR count). The van der Waals surface area contributed by atoms with Crippen LogP contribution in [0.1, 0.15) is 16.7 Å². The number of nitro benzene ring substituents is 1. The topological polar surface area (TPSA) is 81.2 Å². The van der Waals surface area contributed by atoms with Gasteiger partial charge in [0.05, 0.1) is 4.92 Å². The van der Waals surface area contributed by atoms with E-state index in [0.717, 1.165) is 16.7 Å². The van der Waals surface area contributed by atoms with E-state index in [4.69, 9.17) is 5.73 Å². The second-order valence-corrected chi connectivity index (χ2v) is 4.65. The lowest BCUT2D eigenvalue weighted by atomic mass is 10.1. The molecule has 0 spiro atoms. The van der Waals surface area contributed by atoms with E-state index in [1.807, 2.05) is 31.2 Å². The van der Waals surface area contributed by atoms with Crippen LogP contribution < -0.4 is 11.1 Å². The number of nitrogens with zero attached hydrogens (tertiary/aromatic N) is 1. The minimum absolute atomic E-state index is 0.0918. The van der Waals surface area contributed by atoms with Gasteiger partial charge in [0.1, 0.15) is 5.69 Å². The summed E-state index contributed by atoms with van der Waals surface area (Å²) in [5.41, 5.74) is 9.28. The number of aryl methyl sites for hydroxylation is 1. The molecule has 0 saturated carbocycles. The van der Waals surface area contributed by atoms with Gasteiger partial charge in [-0.15, -0.1) is 0 Å². The van der Waals surface area contributed by atoms with Gasteiger partial charge in [-0.3, -0.25) is 10.1 Å². The summed E-state index contributed by atoms with van der Waals surface area (Å²) in [6.45, 7) is 2.96. The molecule has 0 fully saturated rings. The van der Waals surface area contributed by atoms with E-state index in [1.165, 1.54) is 6.07 Å². The number of rotatable bonds is 5. The normalized spacial score (nSPS) is 10.3. The van der Waals surface area contributed by atoms with E-state index in [-0.39, 0.29) is 10.6 Å². The quantitative estimate of drug-likeness (QED) is 0.647. The summed E-state index contributed by atoms with van der Waals surface area (Å²) in [6.07, 6.45) is 0. The number of hydrogen-bond donors (Lipinski definition) is 2. The molecule has 0 aromatic heterocycles. The van der Waals surface area contributed by atoms with Crippen LogP contribution in [0, 0.1) is 17.0 Å². The van der Waals surface area contributed by atoms with Crippen molar-refractivity contribution in [3.63, 3.8) is 0 Å². The molecule has 0 radical (unpaired) electrons. The highest BCUT2D eigenvalue weighted by molar-refractivity contribution is 5.62. The second kappa shape index (κ2) is 6.16. The molecule has 2 aromatic carbocycles. The summed E-state index contributed by atoms with van der Waals surface area (Å²) in [6, 6.07) is 12.9. The molecule has 0 saturated heterocycles. The monoisotopic (exact) mass is 271 g/mol. The molecule has 0 aliphatic carbocycles. The fraction of sp³-hybridized carbons (Fsp3) is 0.200. The van der Waals surface area contributed by atoms with Gasteiger partial charge in [-0.2, -0.15) is 0 Å². The van der Waals surface area contributed by atoms with E-state index in [9.17, 15) is 10.1 Å². The maximum Gasteiger partial charge on any atom is 0.292 e. The summed E-state index contributed by atoms with van der Waals surface area (Å²) < 4.78 is 0. The molecular weight excluding hydrogens is 254 g/mol. The number of benzene rings is 2. The molecule has 0 atom stereocenters. The smallest absolute Gasteiger partial charge is 0.292 e. The van der Waals surface area contributed by atoms with Crippen LogP contribution in [0.3, 0.4) is 0 Å². The van der Waals surface area contributed by atoms with Gasteiger partial charge >= 0.3 is 0 Å². The highest BCUT2D eigenvalue weighted by Gasteiger charge is 2.12. The highest BCUT2D eigenvalue weighted by Crippen LogP contribution is 2.25. The lowest BCUT2D eigenvalue weighted by Crippen LogP contribution is -2.03. The van der Waals surface area contributed by atoms with Crippen molar-refractivity contribution < 1.29 is 4.92 Å². The molecule has 0 aliphatic heterocycles. The van der Waals surface area contributed by atoms with Crippen molar-refractivity contribution in [3.8, 4) is 0 Å². The first-order valence-electron chi connectivity index (χ1n) is 6.37. The van der Waals surface area contributed by atoms with Crippen LogP contribution in [0.4, 0.5) is 11.4 Å². The van der Waals surface area contributed by atoms with Gasteiger partial charge in [-0.05, 0) is 29.7 Å². The lowest BCUT2D eigenvalue weighted by molar-refractivity contribution is -0.384. The molecule has 0 aliphatic rings. The van der Waals surface area contributed by atoms with Gasteiger partial charge in [0.25, 0.3) is 5.69 Å². The van der Waals surface area contributed by atoms with Gasteiger partial charge in [-0.25, -0.2) is 0 Å². The van der Waals surface area contributed by atoms with Crippen LogP contribution in [0.25, 0.3) is 0 Å². The molecule has 0 amide bonds. The molecule has 0 heterocycles. The molecule has 104 valence electrons. The van der Waals surface area contributed by atoms with Crippen LogP contribution in [-0.4, -0.2) is 4.92 Å². The van der Waals surface area contributed by atoms with Crippen molar-refractivity contribution in [1.29, 1.82) is 0 Å². The van der Waals surface area contributed by atoms with Crippen LogP contribution in [-0.2, 0) is 13.1 Å². The van der Waals surface area contributed by atoms with Gasteiger partial charge in [-0.1, -0.05) is 30.3 Å². The number of nitrogens with one attached hydrogen (secondary N) is 1. The van der Waals surface area contributed by atoms with Gasteiger partial charge in [0, 0.05) is 19.2 Å². The molecule has 20 heavy (non-hydrogen) atoms. The first-order valence-corrected chi connectivity index (χ1v) is 6.37. The van der Waals surface area contributed by atoms with Gasteiger partial charge in [0.15, 0.2) is 0 Å². The second-order valence-electron chi connectivity index (χ2n) is 4.65. The summed E-state index contributed by atoms with van der Waals surface area (Å²) in [4.78, 5) is 10.6. The maximum absolute atomic E-state index is 11.0. The summed E-state index contributed by atoms with van der Waals surface area (Å²) in [7, 11) is 0. The van der Waals surface area contributed by atoms with Crippen LogP contribution >= 0.6 is 0 Å². The Labute approximate surface area is 117 Å². The predicted molar refractivity (Wildman–Crippen MR) is 79.5 cm³/mol. The van der Waals surface area contributed by atoms with Crippen molar-refractivity contribution in [2.45, 2.75) is 20.0 Å². The Morgan fingerprint density at radius 1 is 1.15 bits per heavy atom. The Morgan fingerprint density at radius 2 is 1.80 bits per heavy atom. The van der Waals surface area contributed by atoms with Crippen LogP contribution in [0.5, 0.6) is 0 Å². The van der Waals surface area contributed by atoms with E-state index in [1.54, 1.807) is 12.1 Å². The maximum atomic E-state index is 11.0. The third-order valence-corrected chi connectivity index (χ3v) is 3.09. The average Bonchev–Trinajstić information content (AvgIpc) is 2.45. The molecule has 2 aromatic rings. The summed E-state index contributed by atoms with van der Waals surface area (Å²) in [5, 5.41) is 14.1. The van der Waals surface area contributed by atoms with Crippen molar-refractivity contribution in [3.05, 3.63) is 69.3 Å². The summed E-state index contributed by atoms with van der Waals surface area (Å²) >= 11 is 0. The van der Waals surface area contributed by atoms with E-state index in [0.29, 0.717) is 18.8 Å². The van der Waals surface area contributed by atoms with E-state index in [2.05, 4.69) is 5.32 Å². The average molecular weight is 271 g/mol. The molecular formula is C15H17N3O2. The molecule has 0 unspecified atom stereocenters. The number of nitro groups is 1. The zero-order valence-electron chi connectivity index (χ0n) is 11.3. The third kappa shape index (κ3) is 3.33. The fourth-order valence-corrected chi connectivity index (χ4v) is 1.94. The van der Waals surface area contributed by atoms with Crippen molar-refractivity contribution in [2.24, 2.45) is 5.73 Å². The molecule has 0 bridgehead atoms. The lowest BCUT2D eigenvalue weighted by Gasteiger charge is -2.08. The Hall–Kier alpha value is -2.40. The fourth-order valence-electron chi connectivity index (χ4n) is 1.94. The largest absolute Gasteiger partial charge is 0.375 e.